The van der Waals surface area contributed by atoms with Crippen molar-refractivity contribution in [1.82, 2.24) is 14.5 Å². The summed E-state index contributed by atoms with van der Waals surface area (Å²) in [6, 6.07) is 8.72. The Balaban J connectivity index is 1.47. The summed E-state index contributed by atoms with van der Waals surface area (Å²) in [6.45, 7) is 2.11. The summed E-state index contributed by atoms with van der Waals surface area (Å²) in [4.78, 5) is 9.06. The van der Waals surface area contributed by atoms with Gasteiger partial charge in [-0.1, -0.05) is 30.7 Å². The highest BCUT2D eigenvalue weighted by atomic mass is 35.5. The maximum absolute atomic E-state index is 10.1. The number of hydrogen-bond acceptors (Lipinski definition) is 4. The lowest BCUT2D eigenvalue weighted by Crippen LogP contribution is -2.10. The normalized spacial score (nSPS) is 27.2. The van der Waals surface area contributed by atoms with Crippen molar-refractivity contribution in [3.05, 3.63) is 52.9 Å². The van der Waals surface area contributed by atoms with Crippen molar-refractivity contribution in [1.29, 1.82) is 0 Å². The Morgan fingerprint density at radius 2 is 2.11 bits per heavy atom. The molecule has 0 bridgehead atoms. The number of aliphatic hydroxyl groups is 1. The van der Waals surface area contributed by atoms with E-state index in [1.807, 2.05) is 12.1 Å². The highest BCUT2D eigenvalue weighted by molar-refractivity contribution is 6.31. The van der Waals surface area contributed by atoms with E-state index in [0.29, 0.717) is 12.0 Å². The summed E-state index contributed by atoms with van der Waals surface area (Å²) in [5.74, 6) is 1.19. The molecule has 0 amide bonds. The number of aliphatic hydroxyl groups excluding tert-OH is 1. The minimum Gasteiger partial charge on any atom is -0.393 e. The number of nitrogens with zero attached hydrogens (tertiary/aromatic N) is 3. The fourth-order valence-corrected chi connectivity index (χ4v) is 5.00. The Hall–Kier alpha value is -2.11. The molecule has 0 unspecified atom stereocenters. The molecule has 4 atom stereocenters. The molecule has 2 N–H and O–H groups in total. The van der Waals surface area contributed by atoms with Crippen LogP contribution in [0.2, 0.25) is 5.02 Å². The molecule has 0 radical (unpaired) electrons. The standard InChI is InChI=1S/C21H23ClN4O/c1-12-9-13(10-19(12)27)26-8-7-16-20(23-11-24-21(16)26)25-18-6-5-14-15(18)3-2-4-17(14)22/h2-4,7-8,11-13,18-19,27H,5-6,9-10H2,1H3,(H,23,24,25)/t12-,13+,18+,19-/m0/s1. The summed E-state index contributed by atoms with van der Waals surface area (Å²) in [7, 11) is 0. The number of benzene rings is 1. The Morgan fingerprint density at radius 1 is 1.22 bits per heavy atom. The SMILES string of the molecule is C[C@H]1C[C@@H](n2ccc3c(N[C@@H]4CCc5c(Cl)cccc54)ncnc32)C[C@@H]1O. The summed E-state index contributed by atoms with van der Waals surface area (Å²) in [5, 5.41) is 15.6. The van der Waals surface area contributed by atoms with E-state index in [2.05, 4.69) is 45.1 Å². The van der Waals surface area contributed by atoms with Crippen molar-refractivity contribution in [2.75, 3.05) is 5.32 Å². The minimum absolute atomic E-state index is 0.216. The predicted octanol–water partition coefficient (Wildman–Crippen LogP) is 4.52. The zero-order chi connectivity index (χ0) is 18.5. The first-order valence-electron chi connectivity index (χ1n) is 9.65. The van der Waals surface area contributed by atoms with Crippen molar-refractivity contribution in [2.45, 2.75) is 50.8 Å². The second-order valence-corrected chi connectivity index (χ2v) is 8.30. The topological polar surface area (TPSA) is 63.0 Å². The van der Waals surface area contributed by atoms with E-state index in [1.165, 1.54) is 11.1 Å². The van der Waals surface area contributed by atoms with Crippen LogP contribution in [-0.4, -0.2) is 25.7 Å². The van der Waals surface area contributed by atoms with E-state index in [1.54, 1.807) is 6.33 Å². The highest BCUT2D eigenvalue weighted by Gasteiger charge is 2.32. The van der Waals surface area contributed by atoms with E-state index < -0.39 is 0 Å². The van der Waals surface area contributed by atoms with Gasteiger partial charge in [-0.2, -0.15) is 0 Å². The molecule has 0 saturated heterocycles. The first-order chi connectivity index (χ1) is 13.1. The molecule has 1 aromatic carbocycles. The van der Waals surface area contributed by atoms with Gasteiger partial charge in [0.25, 0.3) is 0 Å². The van der Waals surface area contributed by atoms with Gasteiger partial charge in [0.15, 0.2) is 0 Å². The van der Waals surface area contributed by atoms with Gasteiger partial charge in [0.2, 0.25) is 0 Å². The highest BCUT2D eigenvalue weighted by Crippen LogP contribution is 2.40. The molecule has 5 nitrogen and oxygen atoms in total. The fraction of sp³-hybridized carbons (Fsp3) is 0.429. The quantitative estimate of drug-likeness (QED) is 0.699. The van der Waals surface area contributed by atoms with Gasteiger partial charge in [0.1, 0.15) is 17.8 Å². The summed E-state index contributed by atoms with van der Waals surface area (Å²) in [6.07, 6.45) is 7.24. The van der Waals surface area contributed by atoms with Crippen molar-refractivity contribution < 1.29 is 5.11 Å². The first kappa shape index (κ1) is 17.0. The molecule has 0 aliphatic heterocycles. The van der Waals surface area contributed by atoms with Gasteiger partial charge in [-0.05, 0) is 54.9 Å². The van der Waals surface area contributed by atoms with Crippen LogP contribution in [0.15, 0.2) is 36.8 Å². The fourth-order valence-electron chi connectivity index (χ4n) is 4.73. The van der Waals surface area contributed by atoms with Crippen LogP contribution in [0.3, 0.4) is 0 Å². The van der Waals surface area contributed by atoms with Gasteiger partial charge < -0.3 is 15.0 Å². The van der Waals surface area contributed by atoms with Crippen molar-refractivity contribution >= 4 is 28.5 Å². The number of anilines is 1. The molecule has 1 fully saturated rings. The zero-order valence-corrected chi connectivity index (χ0v) is 16.0. The second-order valence-electron chi connectivity index (χ2n) is 7.90. The van der Waals surface area contributed by atoms with Gasteiger partial charge in [-0.25, -0.2) is 9.97 Å². The predicted molar refractivity (Wildman–Crippen MR) is 107 cm³/mol. The van der Waals surface area contributed by atoms with Crippen LogP contribution in [-0.2, 0) is 6.42 Å². The van der Waals surface area contributed by atoms with Crippen LogP contribution in [0.4, 0.5) is 5.82 Å². The molecule has 2 aliphatic carbocycles. The van der Waals surface area contributed by atoms with Crippen molar-refractivity contribution in [3.63, 3.8) is 0 Å². The summed E-state index contributed by atoms with van der Waals surface area (Å²) in [5.41, 5.74) is 3.44. The second kappa shape index (κ2) is 6.50. The third-order valence-electron chi connectivity index (χ3n) is 6.24. The maximum Gasteiger partial charge on any atom is 0.145 e. The number of nitrogens with one attached hydrogen (secondary N) is 1. The average Bonchev–Trinajstić information content (AvgIpc) is 3.34. The van der Waals surface area contributed by atoms with E-state index in [9.17, 15) is 5.11 Å². The van der Waals surface area contributed by atoms with E-state index in [0.717, 1.165) is 47.6 Å². The van der Waals surface area contributed by atoms with Crippen LogP contribution in [0.1, 0.15) is 49.4 Å². The van der Waals surface area contributed by atoms with E-state index in [-0.39, 0.29) is 12.1 Å². The molecule has 2 heterocycles. The van der Waals surface area contributed by atoms with Crippen LogP contribution >= 0.6 is 11.6 Å². The molecule has 3 aromatic rings. The van der Waals surface area contributed by atoms with Crippen LogP contribution < -0.4 is 5.32 Å². The van der Waals surface area contributed by atoms with Crippen LogP contribution in [0, 0.1) is 5.92 Å². The molecule has 0 spiro atoms. The van der Waals surface area contributed by atoms with E-state index >= 15 is 0 Å². The van der Waals surface area contributed by atoms with Crippen LogP contribution in [0.25, 0.3) is 11.0 Å². The number of fused-ring (bicyclic) bond motifs is 2. The molecular weight excluding hydrogens is 360 g/mol. The van der Waals surface area contributed by atoms with Crippen LogP contribution in [0.5, 0.6) is 0 Å². The lowest BCUT2D eigenvalue weighted by molar-refractivity contribution is 0.139. The third-order valence-corrected chi connectivity index (χ3v) is 6.60. The zero-order valence-electron chi connectivity index (χ0n) is 15.3. The third kappa shape index (κ3) is 2.80. The molecular formula is C21H23ClN4O. The number of rotatable bonds is 3. The molecule has 1 saturated carbocycles. The average molecular weight is 383 g/mol. The van der Waals surface area contributed by atoms with Gasteiger partial charge in [-0.15, -0.1) is 0 Å². The van der Waals surface area contributed by atoms with Crippen molar-refractivity contribution in [2.24, 2.45) is 5.92 Å². The lowest BCUT2D eigenvalue weighted by atomic mass is 10.1. The monoisotopic (exact) mass is 382 g/mol. The minimum atomic E-state index is -0.230. The molecule has 140 valence electrons. The van der Waals surface area contributed by atoms with Gasteiger partial charge in [-0.3, -0.25) is 0 Å². The Morgan fingerprint density at radius 3 is 2.93 bits per heavy atom. The van der Waals surface area contributed by atoms with Gasteiger partial charge in [0, 0.05) is 17.3 Å². The Labute approximate surface area is 163 Å². The molecule has 27 heavy (non-hydrogen) atoms. The molecule has 2 aromatic heterocycles. The largest absolute Gasteiger partial charge is 0.393 e. The number of hydrogen-bond donors (Lipinski definition) is 2. The smallest absolute Gasteiger partial charge is 0.145 e. The molecule has 6 heteroatoms. The first-order valence-corrected chi connectivity index (χ1v) is 10.0. The van der Waals surface area contributed by atoms with Crippen molar-refractivity contribution in [3.8, 4) is 0 Å². The molecule has 5 rings (SSSR count). The van der Waals surface area contributed by atoms with Gasteiger partial charge in [0.05, 0.1) is 17.5 Å². The van der Waals surface area contributed by atoms with E-state index in [4.69, 9.17) is 11.6 Å². The lowest BCUT2D eigenvalue weighted by Gasteiger charge is -2.16. The summed E-state index contributed by atoms with van der Waals surface area (Å²) >= 11 is 6.36. The maximum atomic E-state index is 10.1. The molecule has 2 aliphatic rings. The Bertz CT molecular complexity index is 991. The summed E-state index contributed by atoms with van der Waals surface area (Å²) < 4.78 is 2.20. The van der Waals surface area contributed by atoms with Gasteiger partial charge >= 0.3 is 0 Å². The number of halogens is 1. The Kier molecular flexibility index (Phi) is 4.10. The number of aromatic nitrogens is 3.